The van der Waals surface area contributed by atoms with Crippen LogP contribution in [0.5, 0.6) is 0 Å². The Kier molecular flexibility index (Phi) is 5.52. The van der Waals surface area contributed by atoms with Gasteiger partial charge < -0.3 is 4.74 Å². The SMILES string of the molecule is O=C(COC(=O)c1ccc(C(=O)c2ccccc2)cc1)c1cccc(F)c1. The van der Waals surface area contributed by atoms with E-state index in [4.69, 9.17) is 4.74 Å². The number of ketones is 2. The van der Waals surface area contributed by atoms with E-state index in [0.717, 1.165) is 6.07 Å². The Morgan fingerprint density at radius 2 is 1.30 bits per heavy atom. The molecule has 4 nitrogen and oxygen atoms in total. The highest BCUT2D eigenvalue weighted by atomic mass is 19.1. The molecule has 3 rings (SSSR count). The summed E-state index contributed by atoms with van der Waals surface area (Å²) in [5.74, 6) is -1.89. The number of esters is 1. The van der Waals surface area contributed by atoms with Gasteiger partial charge in [-0.2, -0.15) is 0 Å². The van der Waals surface area contributed by atoms with Crippen LogP contribution in [0.3, 0.4) is 0 Å². The first-order valence-corrected chi connectivity index (χ1v) is 8.20. The van der Waals surface area contributed by atoms with Crippen LogP contribution in [0.2, 0.25) is 0 Å². The van der Waals surface area contributed by atoms with Gasteiger partial charge in [0.05, 0.1) is 5.56 Å². The van der Waals surface area contributed by atoms with Crippen LogP contribution >= 0.6 is 0 Å². The van der Waals surface area contributed by atoms with Crippen LogP contribution in [0.1, 0.15) is 36.6 Å². The Bertz CT molecular complexity index is 979. The molecule has 0 spiro atoms. The van der Waals surface area contributed by atoms with E-state index in [1.165, 1.54) is 42.5 Å². The average molecular weight is 362 g/mol. The van der Waals surface area contributed by atoms with Crippen molar-refractivity contribution in [2.45, 2.75) is 0 Å². The Labute approximate surface area is 155 Å². The molecule has 0 heterocycles. The van der Waals surface area contributed by atoms with Crippen molar-refractivity contribution < 1.29 is 23.5 Å². The van der Waals surface area contributed by atoms with E-state index < -0.39 is 24.2 Å². The number of carbonyl (C=O) groups is 3. The first kappa shape index (κ1) is 18.2. The summed E-state index contributed by atoms with van der Waals surface area (Å²) in [6.07, 6.45) is 0. The fourth-order valence-electron chi connectivity index (χ4n) is 2.47. The van der Waals surface area contributed by atoms with Gasteiger partial charge in [-0.25, -0.2) is 9.18 Å². The van der Waals surface area contributed by atoms with E-state index in [1.54, 1.807) is 24.3 Å². The van der Waals surface area contributed by atoms with Crippen LogP contribution in [0.25, 0.3) is 0 Å². The standard InChI is InChI=1S/C22H15FO4/c23-19-8-4-7-18(13-19)20(24)14-27-22(26)17-11-9-16(10-12-17)21(25)15-5-2-1-3-6-15/h1-13H,14H2. The molecular formula is C22H15FO4. The second-order valence-corrected chi connectivity index (χ2v) is 5.78. The predicted molar refractivity (Wildman–Crippen MR) is 97.3 cm³/mol. The molecule has 0 N–H and O–H groups in total. The van der Waals surface area contributed by atoms with E-state index in [2.05, 4.69) is 0 Å². The zero-order valence-corrected chi connectivity index (χ0v) is 14.2. The fraction of sp³-hybridized carbons (Fsp3) is 0.0455. The molecule has 27 heavy (non-hydrogen) atoms. The summed E-state index contributed by atoms with van der Waals surface area (Å²) in [4.78, 5) is 36.3. The maximum atomic E-state index is 13.1. The van der Waals surface area contributed by atoms with Gasteiger partial charge in [0.25, 0.3) is 0 Å². The first-order valence-electron chi connectivity index (χ1n) is 8.20. The summed E-state index contributed by atoms with van der Waals surface area (Å²) in [6.45, 7) is -0.493. The molecule has 0 unspecified atom stereocenters. The fourth-order valence-corrected chi connectivity index (χ4v) is 2.47. The first-order chi connectivity index (χ1) is 13.0. The third-order valence-corrected chi connectivity index (χ3v) is 3.90. The van der Waals surface area contributed by atoms with Gasteiger partial charge in [-0.05, 0) is 24.3 Å². The maximum absolute atomic E-state index is 13.1. The largest absolute Gasteiger partial charge is 0.454 e. The number of carbonyl (C=O) groups excluding carboxylic acids is 3. The van der Waals surface area contributed by atoms with Gasteiger partial charge in [0.2, 0.25) is 0 Å². The van der Waals surface area contributed by atoms with Gasteiger partial charge in [-0.1, -0.05) is 54.6 Å². The van der Waals surface area contributed by atoms with Gasteiger partial charge in [-0.3, -0.25) is 9.59 Å². The molecule has 0 aliphatic heterocycles. The van der Waals surface area contributed by atoms with E-state index in [0.29, 0.717) is 11.1 Å². The molecule has 0 amide bonds. The number of Topliss-reactive ketones (excluding diaryl/α,β-unsaturated/α-hetero) is 1. The molecule has 134 valence electrons. The third-order valence-electron chi connectivity index (χ3n) is 3.90. The minimum atomic E-state index is -0.696. The Hall–Kier alpha value is -3.60. The monoisotopic (exact) mass is 362 g/mol. The van der Waals surface area contributed by atoms with Gasteiger partial charge in [0.15, 0.2) is 18.2 Å². The number of halogens is 1. The summed E-state index contributed by atoms with van der Waals surface area (Å²) < 4.78 is 18.1. The second-order valence-electron chi connectivity index (χ2n) is 5.78. The van der Waals surface area contributed by atoms with Gasteiger partial charge in [-0.15, -0.1) is 0 Å². The summed E-state index contributed by atoms with van der Waals surface area (Å²) in [5.41, 5.74) is 1.33. The predicted octanol–water partition coefficient (Wildman–Crippen LogP) is 4.10. The molecule has 0 aliphatic carbocycles. The molecular weight excluding hydrogens is 347 g/mol. The second kappa shape index (κ2) is 8.19. The molecule has 0 aromatic heterocycles. The number of hydrogen-bond donors (Lipinski definition) is 0. The Balaban J connectivity index is 1.62. The molecule has 0 bridgehead atoms. The molecule has 0 aliphatic rings. The molecule has 0 radical (unpaired) electrons. The molecule has 3 aromatic rings. The van der Waals surface area contributed by atoms with Crippen LogP contribution in [0.4, 0.5) is 4.39 Å². The van der Waals surface area contributed by atoms with Crippen molar-refractivity contribution in [1.82, 2.24) is 0 Å². The third kappa shape index (κ3) is 4.52. The highest BCUT2D eigenvalue weighted by molar-refractivity contribution is 6.09. The number of benzene rings is 3. The Morgan fingerprint density at radius 1 is 0.704 bits per heavy atom. The zero-order chi connectivity index (χ0) is 19.2. The van der Waals surface area contributed by atoms with Gasteiger partial charge in [0.1, 0.15) is 5.82 Å². The van der Waals surface area contributed by atoms with E-state index in [9.17, 15) is 18.8 Å². The number of rotatable bonds is 6. The lowest BCUT2D eigenvalue weighted by molar-refractivity contribution is 0.0474. The molecule has 0 saturated carbocycles. The minimum absolute atomic E-state index is 0.131. The number of hydrogen-bond acceptors (Lipinski definition) is 4. The van der Waals surface area contributed by atoms with Gasteiger partial charge >= 0.3 is 5.97 Å². The molecule has 0 fully saturated rings. The van der Waals surface area contributed by atoms with Crippen LogP contribution < -0.4 is 0 Å². The molecule has 0 saturated heterocycles. The van der Waals surface area contributed by atoms with E-state index in [1.807, 2.05) is 6.07 Å². The Morgan fingerprint density at radius 3 is 1.96 bits per heavy atom. The van der Waals surface area contributed by atoms with Crippen LogP contribution in [0.15, 0.2) is 78.9 Å². The minimum Gasteiger partial charge on any atom is -0.454 e. The van der Waals surface area contributed by atoms with Crippen molar-refractivity contribution in [3.63, 3.8) is 0 Å². The van der Waals surface area contributed by atoms with Crippen molar-refractivity contribution >= 4 is 17.5 Å². The lowest BCUT2D eigenvalue weighted by atomic mass is 10.0. The van der Waals surface area contributed by atoms with Crippen molar-refractivity contribution in [2.75, 3.05) is 6.61 Å². The lowest BCUT2D eigenvalue weighted by Crippen LogP contribution is -2.14. The maximum Gasteiger partial charge on any atom is 0.338 e. The molecule has 5 heteroatoms. The topological polar surface area (TPSA) is 60.4 Å². The quantitative estimate of drug-likeness (QED) is 0.489. The molecule has 0 atom stereocenters. The highest BCUT2D eigenvalue weighted by Gasteiger charge is 2.14. The normalized spacial score (nSPS) is 10.3. The lowest BCUT2D eigenvalue weighted by Gasteiger charge is -2.06. The van der Waals surface area contributed by atoms with Crippen LogP contribution in [0, 0.1) is 5.82 Å². The molecule has 3 aromatic carbocycles. The van der Waals surface area contributed by atoms with Crippen LogP contribution in [-0.4, -0.2) is 24.1 Å². The van der Waals surface area contributed by atoms with Crippen molar-refractivity contribution in [3.05, 3.63) is 107 Å². The summed E-state index contributed by atoms with van der Waals surface area (Å²) >= 11 is 0. The van der Waals surface area contributed by atoms with Gasteiger partial charge in [0, 0.05) is 16.7 Å². The van der Waals surface area contributed by atoms with E-state index in [-0.39, 0.29) is 16.9 Å². The average Bonchev–Trinajstić information content (AvgIpc) is 2.72. The highest BCUT2D eigenvalue weighted by Crippen LogP contribution is 2.12. The number of ether oxygens (including phenoxy) is 1. The van der Waals surface area contributed by atoms with Crippen molar-refractivity contribution in [1.29, 1.82) is 0 Å². The zero-order valence-electron chi connectivity index (χ0n) is 14.2. The van der Waals surface area contributed by atoms with Crippen LogP contribution in [-0.2, 0) is 4.74 Å². The smallest absolute Gasteiger partial charge is 0.338 e. The van der Waals surface area contributed by atoms with Crippen molar-refractivity contribution in [2.24, 2.45) is 0 Å². The van der Waals surface area contributed by atoms with E-state index >= 15 is 0 Å². The van der Waals surface area contributed by atoms with Crippen molar-refractivity contribution in [3.8, 4) is 0 Å². The summed E-state index contributed by atoms with van der Waals surface area (Å²) in [5, 5.41) is 0. The summed E-state index contributed by atoms with van der Waals surface area (Å²) in [6, 6.07) is 19.9. The summed E-state index contributed by atoms with van der Waals surface area (Å²) in [7, 11) is 0.